The summed E-state index contributed by atoms with van der Waals surface area (Å²) in [6.45, 7) is 15.6. The van der Waals surface area contributed by atoms with E-state index in [-0.39, 0.29) is 29.9 Å². The van der Waals surface area contributed by atoms with Crippen molar-refractivity contribution in [3.63, 3.8) is 0 Å². The maximum absolute atomic E-state index is 12.2. The predicted molar refractivity (Wildman–Crippen MR) is 144 cm³/mol. The average Bonchev–Trinajstić information content (AvgIpc) is 2.71. The van der Waals surface area contributed by atoms with Crippen molar-refractivity contribution in [3.8, 4) is 0 Å². The molecule has 0 heterocycles. The minimum absolute atomic E-state index is 0. The smallest absolute Gasteiger partial charge is 0.253 e. The summed E-state index contributed by atoms with van der Waals surface area (Å²) in [6, 6.07) is 8.33. The highest BCUT2D eigenvalue weighted by Gasteiger charge is 2.17. The summed E-state index contributed by atoms with van der Waals surface area (Å²) in [5.41, 5.74) is 1.88. The summed E-state index contributed by atoms with van der Waals surface area (Å²) in [6.07, 6.45) is 1.99. The van der Waals surface area contributed by atoms with E-state index in [1.54, 1.807) is 19.0 Å². The Morgan fingerprint density at radius 3 is 2.32 bits per heavy atom. The first kappa shape index (κ1) is 29.7. The van der Waals surface area contributed by atoms with Crippen LogP contribution in [0, 0.1) is 5.92 Å². The summed E-state index contributed by atoms with van der Waals surface area (Å²) >= 11 is 0. The van der Waals surface area contributed by atoms with E-state index in [1.165, 1.54) is 0 Å². The fourth-order valence-corrected chi connectivity index (χ4v) is 3.60. The van der Waals surface area contributed by atoms with Gasteiger partial charge in [0.1, 0.15) is 0 Å². The highest BCUT2D eigenvalue weighted by Crippen LogP contribution is 2.12. The van der Waals surface area contributed by atoms with Crippen molar-refractivity contribution in [2.24, 2.45) is 10.9 Å². The number of guanidine groups is 1. The Balaban J connectivity index is 0.00000900. The molecule has 1 aromatic carbocycles. The van der Waals surface area contributed by atoms with Crippen LogP contribution in [0.25, 0.3) is 0 Å². The van der Waals surface area contributed by atoms with Crippen molar-refractivity contribution in [1.82, 2.24) is 20.4 Å². The molecule has 6 nitrogen and oxygen atoms in total. The largest absolute Gasteiger partial charge is 0.357 e. The van der Waals surface area contributed by atoms with Gasteiger partial charge in [-0.25, -0.2) is 0 Å². The number of carbonyl (C=O) groups excluding carboxylic acids is 1. The van der Waals surface area contributed by atoms with Crippen molar-refractivity contribution in [3.05, 3.63) is 35.4 Å². The molecule has 1 aromatic rings. The van der Waals surface area contributed by atoms with E-state index in [2.05, 4.69) is 56.2 Å². The Hall–Kier alpha value is -1.35. The zero-order valence-electron chi connectivity index (χ0n) is 20.6. The molecule has 0 radical (unpaired) electrons. The lowest BCUT2D eigenvalue weighted by molar-refractivity contribution is 0.0827. The molecule has 0 aromatic heterocycles. The third-order valence-electron chi connectivity index (χ3n) is 5.16. The number of nitrogens with one attached hydrogen (secondary N) is 2. The first-order valence-electron chi connectivity index (χ1n) is 11.4. The first-order chi connectivity index (χ1) is 14.3. The Morgan fingerprint density at radius 2 is 1.77 bits per heavy atom. The van der Waals surface area contributed by atoms with E-state index in [0.717, 1.165) is 62.7 Å². The number of carbonyl (C=O) groups is 1. The highest BCUT2D eigenvalue weighted by molar-refractivity contribution is 14.0. The third-order valence-corrected chi connectivity index (χ3v) is 5.16. The number of benzene rings is 1. The van der Waals surface area contributed by atoms with Crippen LogP contribution in [-0.2, 0) is 6.42 Å². The number of nitrogens with zero attached hydrogens (tertiary/aromatic N) is 3. The second-order valence-corrected chi connectivity index (χ2v) is 8.30. The van der Waals surface area contributed by atoms with Crippen molar-refractivity contribution >= 4 is 35.8 Å². The number of likely N-dealkylation sites (N-methyl/N-ethyl adjacent to an activating group) is 1. The van der Waals surface area contributed by atoms with Crippen LogP contribution >= 0.6 is 24.0 Å². The van der Waals surface area contributed by atoms with Crippen molar-refractivity contribution < 1.29 is 4.79 Å². The number of amides is 1. The molecule has 2 N–H and O–H groups in total. The monoisotopic (exact) mass is 545 g/mol. The number of rotatable bonds is 12. The second kappa shape index (κ2) is 16.3. The standard InChI is InChI=1S/C24H43N5O.HI/c1-8-25-24(27-18-22(16-19(4)5)29(9-2)10-3)26-15-14-20-12-11-13-21(17-20)23(30)28(6)7;/h11-13,17,19,22H,8-10,14-16,18H2,1-7H3,(H2,25,26,27);1H. The third kappa shape index (κ3) is 11.2. The molecule has 0 saturated heterocycles. The minimum Gasteiger partial charge on any atom is -0.357 e. The van der Waals surface area contributed by atoms with E-state index in [0.29, 0.717) is 12.0 Å². The molecule has 1 amide bonds. The zero-order chi connectivity index (χ0) is 22.5. The van der Waals surface area contributed by atoms with Crippen LogP contribution < -0.4 is 10.6 Å². The topological polar surface area (TPSA) is 60.0 Å². The van der Waals surface area contributed by atoms with Crippen LogP contribution in [0.4, 0.5) is 0 Å². The van der Waals surface area contributed by atoms with Crippen molar-refractivity contribution in [1.29, 1.82) is 0 Å². The molecular weight excluding hydrogens is 501 g/mol. The first-order valence-corrected chi connectivity index (χ1v) is 11.4. The lowest BCUT2D eigenvalue weighted by Gasteiger charge is -2.30. The molecule has 1 rings (SSSR count). The van der Waals surface area contributed by atoms with Gasteiger partial charge in [-0.05, 0) is 56.5 Å². The normalized spacial score (nSPS) is 12.5. The van der Waals surface area contributed by atoms with Crippen molar-refractivity contribution in [2.75, 3.05) is 46.8 Å². The van der Waals surface area contributed by atoms with Crippen LogP contribution in [-0.4, -0.2) is 74.5 Å². The van der Waals surface area contributed by atoms with Gasteiger partial charge in [0, 0.05) is 38.8 Å². The van der Waals surface area contributed by atoms with Crippen LogP contribution in [0.3, 0.4) is 0 Å². The Kier molecular flexibility index (Phi) is 15.6. The summed E-state index contributed by atoms with van der Waals surface area (Å²) in [5, 5.41) is 6.81. The maximum atomic E-state index is 12.2. The van der Waals surface area contributed by atoms with Crippen LogP contribution in [0.15, 0.2) is 29.3 Å². The lowest BCUT2D eigenvalue weighted by atomic mass is 10.0. The Morgan fingerprint density at radius 1 is 1.10 bits per heavy atom. The number of hydrogen-bond acceptors (Lipinski definition) is 3. The molecule has 0 fully saturated rings. The fourth-order valence-electron chi connectivity index (χ4n) is 3.60. The molecule has 178 valence electrons. The molecule has 0 saturated carbocycles. The summed E-state index contributed by atoms with van der Waals surface area (Å²) in [5.74, 6) is 1.55. The highest BCUT2D eigenvalue weighted by atomic mass is 127. The van der Waals surface area contributed by atoms with Crippen molar-refractivity contribution in [2.45, 2.75) is 53.5 Å². The van der Waals surface area contributed by atoms with Gasteiger partial charge in [0.05, 0.1) is 6.54 Å². The van der Waals surface area contributed by atoms with Crippen LogP contribution in [0.1, 0.15) is 57.0 Å². The van der Waals surface area contributed by atoms with Gasteiger partial charge in [-0.15, -0.1) is 24.0 Å². The lowest BCUT2D eigenvalue weighted by Crippen LogP contribution is -2.42. The molecule has 0 aliphatic carbocycles. The van der Waals surface area contributed by atoms with E-state index in [9.17, 15) is 4.79 Å². The second-order valence-electron chi connectivity index (χ2n) is 8.30. The van der Waals surface area contributed by atoms with E-state index in [4.69, 9.17) is 4.99 Å². The summed E-state index contributed by atoms with van der Waals surface area (Å²) in [4.78, 5) is 21.2. The molecule has 31 heavy (non-hydrogen) atoms. The molecule has 0 spiro atoms. The van der Waals surface area contributed by atoms with Gasteiger partial charge in [0.25, 0.3) is 5.91 Å². The van der Waals surface area contributed by atoms with Crippen LogP contribution in [0.5, 0.6) is 0 Å². The maximum Gasteiger partial charge on any atom is 0.253 e. The Bertz CT molecular complexity index is 659. The number of hydrogen-bond donors (Lipinski definition) is 2. The van der Waals surface area contributed by atoms with E-state index in [1.807, 2.05) is 18.2 Å². The summed E-state index contributed by atoms with van der Waals surface area (Å²) in [7, 11) is 3.56. The minimum atomic E-state index is 0. The van der Waals surface area contributed by atoms with Gasteiger partial charge in [-0.2, -0.15) is 0 Å². The molecular formula is C24H44IN5O. The van der Waals surface area contributed by atoms with Gasteiger partial charge < -0.3 is 15.5 Å². The molecule has 1 atom stereocenters. The molecule has 7 heteroatoms. The molecule has 0 aliphatic heterocycles. The van der Waals surface area contributed by atoms with E-state index < -0.39 is 0 Å². The number of halogens is 1. The molecule has 0 bridgehead atoms. The molecule has 0 aliphatic rings. The SMILES string of the molecule is CCNC(=NCC(CC(C)C)N(CC)CC)NCCc1cccc(C(=O)N(C)C)c1.I. The van der Waals surface area contributed by atoms with Gasteiger partial charge in [0.15, 0.2) is 5.96 Å². The fraction of sp³-hybridized carbons (Fsp3) is 0.667. The van der Waals surface area contributed by atoms with Gasteiger partial charge in [-0.3, -0.25) is 14.7 Å². The van der Waals surface area contributed by atoms with E-state index >= 15 is 0 Å². The number of aliphatic imine (C=N–C) groups is 1. The Labute approximate surface area is 207 Å². The quantitative estimate of drug-likeness (QED) is 0.238. The van der Waals surface area contributed by atoms with Gasteiger partial charge in [0.2, 0.25) is 0 Å². The van der Waals surface area contributed by atoms with Gasteiger partial charge in [-0.1, -0.05) is 39.8 Å². The average molecular weight is 546 g/mol. The predicted octanol–water partition coefficient (Wildman–Crippen LogP) is 3.86. The zero-order valence-corrected chi connectivity index (χ0v) is 22.9. The molecule has 1 unspecified atom stereocenters. The van der Waals surface area contributed by atoms with Crippen LogP contribution in [0.2, 0.25) is 0 Å². The summed E-state index contributed by atoms with van der Waals surface area (Å²) < 4.78 is 0. The van der Waals surface area contributed by atoms with Gasteiger partial charge >= 0.3 is 0 Å².